The van der Waals surface area contributed by atoms with Gasteiger partial charge in [0.25, 0.3) is 5.91 Å². The van der Waals surface area contributed by atoms with Gasteiger partial charge in [-0.25, -0.2) is 0 Å². The van der Waals surface area contributed by atoms with Gasteiger partial charge in [0.05, 0.1) is 31.5 Å². The predicted octanol–water partition coefficient (Wildman–Crippen LogP) is 5.61. The maximum absolute atomic E-state index is 13.1. The predicted molar refractivity (Wildman–Crippen MR) is 130 cm³/mol. The van der Waals surface area contributed by atoms with Crippen molar-refractivity contribution in [3.8, 4) is 23.0 Å². The highest BCUT2D eigenvalue weighted by Gasteiger charge is 2.27. The number of hydrogen-bond donors (Lipinski definition) is 1. The van der Waals surface area contributed by atoms with Gasteiger partial charge >= 0.3 is 0 Å². The highest BCUT2D eigenvalue weighted by molar-refractivity contribution is 6.33. The van der Waals surface area contributed by atoms with Gasteiger partial charge < -0.3 is 24.3 Å². The Labute approximate surface area is 204 Å². The number of anilines is 1. The van der Waals surface area contributed by atoms with Gasteiger partial charge in [0.15, 0.2) is 11.5 Å². The normalized spacial score (nSPS) is 11.7. The molecule has 34 heavy (non-hydrogen) atoms. The molecule has 0 aliphatic carbocycles. The van der Waals surface area contributed by atoms with Crippen molar-refractivity contribution in [3.05, 3.63) is 35.4 Å². The smallest absolute Gasteiger partial charge is 0.259 e. The Morgan fingerprint density at radius 2 is 1.53 bits per heavy atom. The Morgan fingerprint density at radius 3 is 2.15 bits per heavy atom. The van der Waals surface area contributed by atoms with E-state index in [1.165, 1.54) is 6.92 Å². The van der Waals surface area contributed by atoms with Crippen molar-refractivity contribution in [1.29, 1.82) is 0 Å². The first-order valence-electron chi connectivity index (χ1n) is 11.1. The highest BCUT2D eigenvalue weighted by Crippen LogP contribution is 2.41. The summed E-state index contributed by atoms with van der Waals surface area (Å²) in [6, 6.07) is 6.86. The fourth-order valence-corrected chi connectivity index (χ4v) is 3.17. The van der Waals surface area contributed by atoms with Crippen LogP contribution < -0.4 is 24.3 Å². The fourth-order valence-electron chi connectivity index (χ4n) is 2.96. The molecule has 0 fully saturated rings. The number of nitrogens with one attached hydrogen (secondary N) is 1. The summed E-state index contributed by atoms with van der Waals surface area (Å²) in [4.78, 5) is 25.4. The van der Waals surface area contributed by atoms with Gasteiger partial charge in [0.1, 0.15) is 28.6 Å². The molecule has 0 saturated heterocycles. The zero-order valence-corrected chi connectivity index (χ0v) is 20.8. The molecule has 0 saturated carbocycles. The lowest BCUT2D eigenvalue weighted by Gasteiger charge is -2.18. The molecule has 10 heteroatoms. The minimum absolute atomic E-state index is 0.219. The lowest BCUT2D eigenvalue weighted by atomic mass is 10.2. The zero-order valence-electron chi connectivity index (χ0n) is 20.0. The lowest BCUT2D eigenvalue weighted by Crippen LogP contribution is -2.32. The molecule has 0 aliphatic heterocycles. The van der Waals surface area contributed by atoms with Gasteiger partial charge in [-0.1, -0.05) is 11.6 Å². The van der Waals surface area contributed by atoms with Gasteiger partial charge in [0, 0.05) is 6.07 Å². The first-order chi connectivity index (χ1) is 16.4. The number of ether oxygens (including phenoxy) is 4. The van der Waals surface area contributed by atoms with E-state index >= 15 is 0 Å². The number of nitrogens with zero attached hydrogens (tertiary/aromatic N) is 2. The summed E-state index contributed by atoms with van der Waals surface area (Å²) in [7, 11) is 0. The van der Waals surface area contributed by atoms with Crippen molar-refractivity contribution in [2.24, 2.45) is 10.2 Å². The van der Waals surface area contributed by atoms with E-state index in [4.69, 9.17) is 30.5 Å². The summed E-state index contributed by atoms with van der Waals surface area (Å²) < 4.78 is 22.3. The van der Waals surface area contributed by atoms with Crippen molar-refractivity contribution < 1.29 is 28.5 Å². The Balaban J connectivity index is 2.40. The van der Waals surface area contributed by atoms with Crippen LogP contribution in [-0.4, -0.2) is 44.2 Å². The SMILES string of the molecule is CCOc1ccc(OCC)c(N=NC(C(C)=O)C(=O)Nc2c(OCC)ccc(Cl)c2OCC)c1. The summed E-state index contributed by atoms with van der Waals surface area (Å²) in [5.41, 5.74) is 0.551. The third-order valence-corrected chi connectivity index (χ3v) is 4.66. The summed E-state index contributed by atoms with van der Waals surface area (Å²) in [5.74, 6) is 0.393. The molecule has 0 heterocycles. The average Bonchev–Trinajstić information content (AvgIpc) is 2.80. The monoisotopic (exact) mass is 491 g/mol. The average molecular weight is 492 g/mol. The Hall–Kier alpha value is -3.33. The maximum atomic E-state index is 13.1. The molecular weight excluding hydrogens is 462 g/mol. The lowest BCUT2D eigenvalue weighted by molar-refractivity contribution is -0.126. The maximum Gasteiger partial charge on any atom is 0.259 e. The second-order valence-corrected chi connectivity index (χ2v) is 7.24. The molecule has 0 aromatic heterocycles. The number of hydrogen-bond acceptors (Lipinski definition) is 8. The van der Waals surface area contributed by atoms with Crippen molar-refractivity contribution in [3.63, 3.8) is 0 Å². The van der Waals surface area contributed by atoms with E-state index in [0.717, 1.165) is 0 Å². The second-order valence-electron chi connectivity index (χ2n) is 6.83. The molecule has 2 aromatic carbocycles. The topological polar surface area (TPSA) is 108 Å². The number of carbonyl (C=O) groups is 2. The minimum atomic E-state index is -1.42. The first-order valence-corrected chi connectivity index (χ1v) is 11.4. The molecule has 0 radical (unpaired) electrons. The van der Waals surface area contributed by atoms with Gasteiger partial charge in [-0.2, -0.15) is 10.2 Å². The molecule has 9 nitrogen and oxygen atoms in total. The van der Waals surface area contributed by atoms with Crippen LogP contribution in [0.3, 0.4) is 0 Å². The van der Waals surface area contributed by atoms with Crippen LogP contribution in [0.25, 0.3) is 0 Å². The van der Waals surface area contributed by atoms with E-state index in [2.05, 4.69) is 15.5 Å². The van der Waals surface area contributed by atoms with Crippen LogP contribution in [0.5, 0.6) is 23.0 Å². The summed E-state index contributed by atoms with van der Waals surface area (Å²) in [6.07, 6.45) is 0. The van der Waals surface area contributed by atoms with Gasteiger partial charge in [-0.05, 0) is 58.9 Å². The first kappa shape index (κ1) is 26.9. The van der Waals surface area contributed by atoms with Crippen LogP contribution in [0.15, 0.2) is 40.6 Å². The summed E-state index contributed by atoms with van der Waals surface area (Å²) >= 11 is 6.27. The Morgan fingerprint density at radius 1 is 0.912 bits per heavy atom. The molecule has 1 N–H and O–H groups in total. The van der Waals surface area contributed by atoms with E-state index in [0.29, 0.717) is 49.4 Å². The fraction of sp³-hybridized carbons (Fsp3) is 0.417. The van der Waals surface area contributed by atoms with Crippen molar-refractivity contribution in [1.82, 2.24) is 0 Å². The van der Waals surface area contributed by atoms with Crippen molar-refractivity contribution in [2.75, 3.05) is 31.7 Å². The molecule has 0 aliphatic rings. The number of azo groups is 1. The van der Waals surface area contributed by atoms with Crippen molar-refractivity contribution >= 4 is 34.7 Å². The van der Waals surface area contributed by atoms with E-state index in [1.54, 1.807) is 44.2 Å². The minimum Gasteiger partial charge on any atom is -0.494 e. The summed E-state index contributed by atoms with van der Waals surface area (Å²) in [6.45, 7) is 10.1. The van der Waals surface area contributed by atoms with Crippen LogP contribution in [-0.2, 0) is 9.59 Å². The molecular formula is C24H30ClN3O6. The molecule has 2 rings (SSSR count). The summed E-state index contributed by atoms with van der Waals surface area (Å²) in [5, 5.41) is 11.1. The number of ketones is 1. The Kier molecular flexibility index (Phi) is 10.6. The van der Waals surface area contributed by atoms with E-state index < -0.39 is 17.7 Å². The van der Waals surface area contributed by atoms with Crippen LogP contribution >= 0.6 is 11.6 Å². The second kappa shape index (κ2) is 13.4. The number of halogens is 1. The zero-order chi connectivity index (χ0) is 25.1. The van der Waals surface area contributed by atoms with Gasteiger partial charge in [-0.3, -0.25) is 9.59 Å². The molecule has 2 aromatic rings. The third-order valence-electron chi connectivity index (χ3n) is 4.36. The number of rotatable bonds is 13. The highest BCUT2D eigenvalue weighted by atomic mass is 35.5. The quantitative estimate of drug-likeness (QED) is 0.288. The largest absolute Gasteiger partial charge is 0.494 e. The van der Waals surface area contributed by atoms with Gasteiger partial charge in [-0.15, -0.1) is 0 Å². The van der Waals surface area contributed by atoms with E-state index in [9.17, 15) is 9.59 Å². The van der Waals surface area contributed by atoms with Gasteiger partial charge in [0.2, 0.25) is 6.04 Å². The molecule has 1 unspecified atom stereocenters. The number of carbonyl (C=O) groups excluding carboxylic acids is 2. The third kappa shape index (κ3) is 7.08. The molecule has 184 valence electrons. The van der Waals surface area contributed by atoms with Crippen molar-refractivity contribution in [2.45, 2.75) is 40.7 Å². The van der Waals surface area contributed by atoms with Crippen LogP contribution in [0, 0.1) is 0 Å². The number of benzene rings is 2. The molecule has 0 spiro atoms. The number of Topliss-reactive ketones (excluding diaryl/α,β-unsaturated/α-hetero) is 1. The van der Waals surface area contributed by atoms with Crippen LogP contribution in [0.1, 0.15) is 34.6 Å². The van der Waals surface area contributed by atoms with E-state index in [-0.39, 0.29) is 16.5 Å². The molecule has 1 atom stereocenters. The molecule has 1 amide bonds. The van der Waals surface area contributed by atoms with E-state index in [1.807, 2.05) is 13.8 Å². The van der Waals surface area contributed by atoms with Crippen LogP contribution in [0.2, 0.25) is 5.02 Å². The Bertz CT molecular complexity index is 1030. The van der Waals surface area contributed by atoms with Crippen LogP contribution in [0.4, 0.5) is 11.4 Å². The standard InChI is InChI=1S/C24H30ClN3O6/c1-6-31-16-10-12-19(32-7-2)18(14-16)27-28-21(15(5)29)24(30)26-22-20(33-8-3)13-11-17(25)23(22)34-9-4/h10-14,21H,6-9H2,1-5H3,(H,26,30). The number of amides is 1. The molecule has 0 bridgehead atoms.